The van der Waals surface area contributed by atoms with Crippen molar-refractivity contribution in [1.82, 2.24) is 9.88 Å². The maximum atomic E-state index is 11.9. The first-order chi connectivity index (χ1) is 8.44. The van der Waals surface area contributed by atoms with Crippen LogP contribution in [-0.2, 0) is 16.1 Å². The molecule has 0 bridgehead atoms. The molecule has 2 rings (SSSR count). The van der Waals surface area contributed by atoms with Crippen LogP contribution >= 0.6 is 0 Å². The summed E-state index contributed by atoms with van der Waals surface area (Å²) in [6.07, 6.45) is 3.85. The number of aliphatic carboxylic acids is 1. The molecule has 5 heteroatoms. The Morgan fingerprint density at radius 3 is 2.39 bits per heavy atom. The van der Waals surface area contributed by atoms with Gasteiger partial charge in [-0.1, -0.05) is 13.8 Å². The predicted molar refractivity (Wildman–Crippen MR) is 65.8 cm³/mol. The molecule has 2 unspecified atom stereocenters. The molecule has 1 fully saturated rings. The molecule has 18 heavy (non-hydrogen) atoms. The van der Waals surface area contributed by atoms with Gasteiger partial charge in [0.15, 0.2) is 0 Å². The van der Waals surface area contributed by atoms with Crippen LogP contribution in [0.2, 0.25) is 0 Å². The zero-order valence-electron chi connectivity index (χ0n) is 10.6. The van der Waals surface area contributed by atoms with E-state index in [2.05, 4.69) is 5.32 Å². The lowest BCUT2D eigenvalue weighted by atomic mass is 10.1. The summed E-state index contributed by atoms with van der Waals surface area (Å²) in [6, 6.07) is 3.85. The zero-order chi connectivity index (χ0) is 13.3. The number of hydrogen-bond donors (Lipinski definition) is 2. The number of carboxylic acids is 1. The second-order valence-electron chi connectivity index (χ2n) is 5.33. The lowest BCUT2D eigenvalue weighted by Gasteiger charge is -2.06. The fraction of sp³-hybridized carbons (Fsp3) is 0.538. The number of carbonyl (C=O) groups excluding carboxylic acids is 1. The van der Waals surface area contributed by atoms with Gasteiger partial charge in [0.05, 0.1) is 11.8 Å². The molecule has 2 N–H and O–H groups in total. The van der Waals surface area contributed by atoms with Crippen molar-refractivity contribution in [3.8, 4) is 0 Å². The minimum atomic E-state index is -0.884. The quantitative estimate of drug-likeness (QED) is 0.817. The van der Waals surface area contributed by atoms with Crippen LogP contribution in [0.5, 0.6) is 0 Å². The molecule has 0 spiro atoms. The summed E-state index contributed by atoms with van der Waals surface area (Å²) in [4.78, 5) is 22.8. The minimum Gasteiger partial charge on any atom is -0.481 e. The number of carbonyl (C=O) groups is 2. The van der Waals surface area contributed by atoms with Gasteiger partial charge in [0.2, 0.25) is 5.91 Å². The topological polar surface area (TPSA) is 71.3 Å². The van der Waals surface area contributed by atoms with Gasteiger partial charge >= 0.3 is 5.97 Å². The maximum absolute atomic E-state index is 11.9. The fourth-order valence-electron chi connectivity index (χ4n) is 2.53. The van der Waals surface area contributed by atoms with Crippen molar-refractivity contribution >= 4 is 11.9 Å². The van der Waals surface area contributed by atoms with Crippen molar-refractivity contribution < 1.29 is 14.7 Å². The van der Waals surface area contributed by atoms with Gasteiger partial charge < -0.3 is 15.0 Å². The molecular formula is C13H18N2O3. The smallest absolute Gasteiger partial charge is 0.307 e. The first-order valence-electron chi connectivity index (χ1n) is 6.06. The van der Waals surface area contributed by atoms with E-state index in [1.54, 1.807) is 0 Å². The van der Waals surface area contributed by atoms with E-state index < -0.39 is 23.2 Å². The summed E-state index contributed by atoms with van der Waals surface area (Å²) in [7, 11) is 0. The van der Waals surface area contributed by atoms with Gasteiger partial charge in [0, 0.05) is 25.5 Å². The van der Waals surface area contributed by atoms with Crippen molar-refractivity contribution in [1.29, 1.82) is 0 Å². The molecule has 0 saturated heterocycles. The third kappa shape index (κ3) is 2.25. The second kappa shape index (κ2) is 4.48. The Bertz CT molecular complexity index is 451. The summed E-state index contributed by atoms with van der Waals surface area (Å²) in [6.45, 7) is 4.86. The Morgan fingerprint density at radius 1 is 1.28 bits per heavy atom. The number of nitrogens with one attached hydrogen (secondary N) is 1. The highest BCUT2D eigenvalue weighted by Crippen LogP contribution is 2.58. The van der Waals surface area contributed by atoms with Gasteiger partial charge in [-0.2, -0.15) is 0 Å². The SMILES string of the molecule is CC1(C)C(C(=O)O)C1C(=O)NCCn1cccc1. The predicted octanol–water partition coefficient (Wildman–Crippen LogP) is 0.961. The van der Waals surface area contributed by atoms with Crippen LogP contribution in [-0.4, -0.2) is 28.1 Å². The summed E-state index contributed by atoms with van der Waals surface area (Å²) in [5.41, 5.74) is -0.427. The van der Waals surface area contributed by atoms with E-state index in [-0.39, 0.29) is 5.91 Å². The first kappa shape index (κ1) is 12.7. The number of aromatic nitrogens is 1. The van der Waals surface area contributed by atoms with Gasteiger partial charge in [-0.3, -0.25) is 9.59 Å². The number of nitrogens with zero attached hydrogens (tertiary/aromatic N) is 1. The van der Waals surface area contributed by atoms with Crippen LogP contribution in [0.3, 0.4) is 0 Å². The minimum absolute atomic E-state index is 0.153. The molecule has 0 aromatic carbocycles. The Morgan fingerprint density at radius 2 is 1.89 bits per heavy atom. The summed E-state index contributed by atoms with van der Waals surface area (Å²) in [5.74, 6) is -1.99. The standard InChI is InChI=1S/C13H18N2O3/c1-13(2)9(10(13)12(17)18)11(16)14-5-8-15-6-3-4-7-15/h3-4,6-7,9-10H,5,8H2,1-2H3,(H,14,16)(H,17,18). The van der Waals surface area contributed by atoms with Crippen LogP contribution in [0.4, 0.5) is 0 Å². The normalized spacial score (nSPS) is 24.6. The molecule has 1 aromatic rings. The third-order valence-corrected chi connectivity index (χ3v) is 3.71. The van der Waals surface area contributed by atoms with Gasteiger partial charge in [-0.05, 0) is 17.5 Å². The molecule has 1 amide bonds. The largest absolute Gasteiger partial charge is 0.481 e. The van der Waals surface area contributed by atoms with Crippen molar-refractivity contribution in [3.63, 3.8) is 0 Å². The average Bonchev–Trinajstić information content (AvgIpc) is 2.65. The molecule has 1 aromatic heterocycles. The Labute approximate surface area is 106 Å². The zero-order valence-corrected chi connectivity index (χ0v) is 10.6. The van der Waals surface area contributed by atoms with E-state index in [0.29, 0.717) is 13.1 Å². The third-order valence-electron chi connectivity index (χ3n) is 3.71. The molecule has 1 saturated carbocycles. The monoisotopic (exact) mass is 250 g/mol. The van der Waals surface area contributed by atoms with Gasteiger partial charge in [0.25, 0.3) is 0 Å². The first-order valence-corrected chi connectivity index (χ1v) is 6.06. The van der Waals surface area contributed by atoms with Crippen molar-refractivity contribution in [3.05, 3.63) is 24.5 Å². The van der Waals surface area contributed by atoms with Gasteiger partial charge in [0.1, 0.15) is 0 Å². The van der Waals surface area contributed by atoms with Crippen LogP contribution < -0.4 is 5.32 Å². The average molecular weight is 250 g/mol. The Balaban J connectivity index is 1.81. The van der Waals surface area contributed by atoms with E-state index >= 15 is 0 Å². The number of rotatable bonds is 5. The van der Waals surface area contributed by atoms with Crippen molar-refractivity contribution in [2.24, 2.45) is 17.3 Å². The van der Waals surface area contributed by atoms with Crippen molar-refractivity contribution in [2.45, 2.75) is 20.4 Å². The highest BCUT2D eigenvalue weighted by atomic mass is 16.4. The molecule has 1 heterocycles. The van der Waals surface area contributed by atoms with E-state index in [9.17, 15) is 9.59 Å². The molecule has 0 radical (unpaired) electrons. The fourth-order valence-corrected chi connectivity index (χ4v) is 2.53. The lowest BCUT2D eigenvalue weighted by Crippen LogP contribution is -2.30. The van der Waals surface area contributed by atoms with Crippen LogP contribution in [0.25, 0.3) is 0 Å². The Kier molecular flexibility index (Phi) is 3.15. The molecule has 5 nitrogen and oxygen atoms in total. The molecule has 1 aliphatic carbocycles. The summed E-state index contributed by atoms with van der Waals surface area (Å²) in [5, 5.41) is 11.8. The highest BCUT2D eigenvalue weighted by Gasteiger charge is 2.65. The van der Waals surface area contributed by atoms with Gasteiger partial charge in [-0.25, -0.2) is 0 Å². The Hall–Kier alpha value is -1.78. The second-order valence-corrected chi connectivity index (χ2v) is 5.33. The molecule has 98 valence electrons. The van der Waals surface area contributed by atoms with Gasteiger partial charge in [-0.15, -0.1) is 0 Å². The van der Waals surface area contributed by atoms with Crippen molar-refractivity contribution in [2.75, 3.05) is 6.54 Å². The van der Waals surface area contributed by atoms with Crippen LogP contribution in [0, 0.1) is 17.3 Å². The molecular weight excluding hydrogens is 232 g/mol. The number of amides is 1. The molecule has 1 aliphatic rings. The lowest BCUT2D eigenvalue weighted by molar-refractivity contribution is -0.140. The van der Waals surface area contributed by atoms with E-state index in [0.717, 1.165) is 0 Å². The summed E-state index contributed by atoms with van der Waals surface area (Å²) < 4.78 is 1.97. The maximum Gasteiger partial charge on any atom is 0.307 e. The summed E-state index contributed by atoms with van der Waals surface area (Å²) >= 11 is 0. The van der Waals surface area contributed by atoms with E-state index in [1.165, 1.54) is 0 Å². The van der Waals surface area contributed by atoms with Crippen LogP contribution in [0.1, 0.15) is 13.8 Å². The van der Waals surface area contributed by atoms with E-state index in [4.69, 9.17) is 5.11 Å². The number of hydrogen-bond acceptors (Lipinski definition) is 2. The van der Waals surface area contributed by atoms with E-state index in [1.807, 2.05) is 42.9 Å². The molecule has 2 atom stereocenters. The highest BCUT2D eigenvalue weighted by molar-refractivity contribution is 5.91. The molecule has 0 aliphatic heterocycles. The van der Waals surface area contributed by atoms with Crippen LogP contribution in [0.15, 0.2) is 24.5 Å². The number of carboxylic acid groups (broad SMARTS) is 1.